The van der Waals surface area contributed by atoms with Crippen molar-refractivity contribution in [2.75, 3.05) is 10.2 Å². The van der Waals surface area contributed by atoms with E-state index in [4.69, 9.17) is 11.6 Å². The van der Waals surface area contributed by atoms with Gasteiger partial charge in [0.2, 0.25) is 12.3 Å². The van der Waals surface area contributed by atoms with Crippen LogP contribution < -0.4 is 15.5 Å². The van der Waals surface area contributed by atoms with E-state index >= 15 is 0 Å². The minimum absolute atomic E-state index is 0.238. The van der Waals surface area contributed by atoms with Crippen LogP contribution in [0.1, 0.15) is 15.9 Å². The van der Waals surface area contributed by atoms with Gasteiger partial charge in [-0.1, -0.05) is 35.9 Å². The molecule has 1 atom stereocenters. The van der Waals surface area contributed by atoms with Gasteiger partial charge in [-0.3, -0.25) is 9.59 Å². The van der Waals surface area contributed by atoms with Crippen LogP contribution in [-0.4, -0.2) is 23.3 Å². The van der Waals surface area contributed by atoms with Crippen molar-refractivity contribution in [3.63, 3.8) is 0 Å². The third-order valence-corrected chi connectivity index (χ3v) is 5.38. The van der Waals surface area contributed by atoms with E-state index in [1.165, 1.54) is 17.2 Å². The first-order chi connectivity index (χ1) is 14.9. The molecule has 156 valence electrons. The lowest BCUT2D eigenvalue weighted by molar-refractivity contribution is -0.119. The maximum Gasteiger partial charge on any atom is 0.255 e. The fraction of sp³-hybridized carbons (Fsp3) is 0.0833. The Kier molecular flexibility index (Phi) is 5.75. The van der Waals surface area contributed by atoms with E-state index in [2.05, 4.69) is 10.6 Å². The molecule has 1 unspecified atom stereocenters. The number of anilines is 2. The Morgan fingerprint density at radius 2 is 1.81 bits per heavy atom. The van der Waals surface area contributed by atoms with Gasteiger partial charge in [-0.2, -0.15) is 0 Å². The highest BCUT2D eigenvalue weighted by atomic mass is 35.5. The van der Waals surface area contributed by atoms with Crippen LogP contribution >= 0.6 is 11.6 Å². The first-order valence-corrected chi connectivity index (χ1v) is 10.0. The number of carbonyl (C=O) groups excluding carboxylic acids is 2. The second-order valence-electron chi connectivity index (χ2n) is 7.15. The smallest absolute Gasteiger partial charge is 0.255 e. The summed E-state index contributed by atoms with van der Waals surface area (Å²) in [5.74, 6) is -0.597. The number of hydrogen-bond donors (Lipinski definition) is 3. The van der Waals surface area contributed by atoms with Gasteiger partial charge >= 0.3 is 0 Å². The Balaban J connectivity index is 1.49. The molecule has 7 heteroatoms. The van der Waals surface area contributed by atoms with Gasteiger partial charge in [-0.15, -0.1) is 0 Å². The number of nitrogens with one attached hydrogen (secondary N) is 2. The van der Waals surface area contributed by atoms with Crippen molar-refractivity contribution < 1.29 is 14.7 Å². The molecular formula is C24H20ClN3O3. The molecule has 3 aromatic rings. The molecule has 0 radical (unpaired) electrons. The molecule has 4 rings (SSSR count). The zero-order valence-corrected chi connectivity index (χ0v) is 17.4. The number of aliphatic hydroxyl groups is 1. The number of nitrogens with zero attached hydrogens (tertiary/aromatic N) is 1. The number of aliphatic hydroxyl groups excluding tert-OH is 1. The molecule has 2 amide bonds. The van der Waals surface area contributed by atoms with E-state index in [1.54, 1.807) is 30.3 Å². The highest BCUT2D eigenvalue weighted by Crippen LogP contribution is 2.26. The molecule has 0 fully saturated rings. The van der Waals surface area contributed by atoms with Gasteiger partial charge < -0.3 is 20.6 Å². The van der Waals surface area contributed by atoms with Crippen molar-refractivity contribution in [3.05, 3.63) is 95.2 Å². The van der Waals surface area contributed by atoms with Gasteiger partial charge in [0.15, 0.2) is 0 Å². The molecule has 1 aliphatic rings. The van der Waals surface area contributed by atoms with Crippen LogP contribution in [0.15, 0.2) is 79.0 Å². The quantitative estimate of drug-likeness (QED) is 0.573. The predicted octanol–water partition coefficient (Wildman–Crippen LogP) is 4.29. The average Bonchev–Trinajstić information content (AvgIpc) is 2.76. The van der Waals surface area contributed by atoms with Gasteiger partial charge in [-0.25, -0.2) is 0 Å². The highest BCUT2D eigenvalue weighted by Gasteiger charge is 2.19. The maximum atomic E-state index is 12.7. The van der Waals surface area contributed by atoms with Crippen LogP contribution in [0, 0.1) is 6.92 Å². The maximum absolute atomic E-state index is 12.7. The van der Waals surface area contributed by atoms with Crippen LogP contribution in [0.2, 0.25) is 5.02 Å². The topological polar surface area (TPSA) is 81.7 Å². The lowest BCUT2D eigenvalue weighted by Crippen LogP contribution is -2.48. The Morgan fingerprint density at radius 3 is 2.52 bits per heavy atom. The van der Waals surface area contributed by atoms with Gasteiger partial charge in [0.25, 0.3) is 5.91 Å². The lowest BCUT2D eigenvalue weighted by atomic mass is 10.0. The van der Waals surface area contributed by atoms with Crippen molar-refractivity contribution in [3.8, 4) is 11.1 Å². The van der Waals surface area contributed by atoms with E-state index in [9.17, 15) is 14.7 Å². The number of carbonyl (C=O) groups is 2. The standard InChI is InChI=1S/C24H20ClN3O3/c1-15-5-6-17(14-21(15)25)16-3-2-4-18(13-16)23(30)26-19-7-9-20(10-8-19)28-12-11-22(29)27-24(28)31/h2-14,24,31H,1H3,(H,26,30)(H,27,29). The van der Waals surface area contributed by atoms with Gasteiger partial charge in [-0.05, 0) is 66.1 Å². The predicted molar refractivity (Wildman–Crippen MR) is 122 cm³/mol. The van der Waals surface area contributed by atoms with Crippen LogP contribution in [0.5, 0.6) is 0 Å². The van der Waals surface area contributed by atoms with Crippen molar-refractivity contribution in [1.29, 1.82) is 0 Å². The van der Waals surface area contributed by atoms with E-state index in [1.807, 2.05) is 43.3 Å². The molecule has 3 aromatic carbocycles. The molecule has 0 saturated carbocycles. The van der Waals surface area contributed by atoms with Crippen LogP contribution in [0.3, 0.4) is 0 Å². The summed E-state index contributed by atoms with van der Waals surface area (Å²) in [5.41, 5.74) is 4.64. The molecule has 1 heterocycles. The molecule has 0 saturated heterocycles. The third-order valence-electron chi connectivity index (χ3n) is 4.97. The zero-order valence-electron chi connectivity index (χ0n) is 16.7. The summed E-state index contributed by atoms with van der Waals surface area (Å²) in [6.07, 6.45) is 1.69. The summed E-state index contributed by atoms with van der Waals surface area (Å²) in [7, 11) is 0. The Labute approximate surface area is 184 Å². The number of aryl methyl sites for hydroxylation is 1. The molecule has 31 heavy (non-hydrogen) atoms. The molecule has 0 aliphatic carbocycles. The normalized spacial score (nSPS) is 15.5. The van der Waals surface area contributed by atoms with Crippen LogP contribution in [0.25, 0.3) is 11.1 Å². The Morgan fingerprint density at radius 1 is 1.06 bits per heavy atom. The number of halogens is 1. The average molecular weight is 434 g/mol. The summed E-state index contributed by atoms with van der Waals surface area (Å²) in [6, 6.07) is 20.1. The SMILES string of the molecule is Cc1ccc(-c2cccc(C(=O)Nc3ccc(N4C=CC(=O)NC4O)cc3)c2)cc1Cl. The van der Waals surface area contributed by atoms with E-state index < -0.39 is 6.35 Å². The molecule has 3 N–H and O–H groups in total. The van der Waals surface area contributed by atoms with Crippen molar-refractivity contribution in [1.82, 2.24) is 5.32 Å². The summed E-state index contributed by atoms with van der Waals surface area (Å²) < 4.78 is 0. The van der Waals surface area contributed by atoms with Crippen molar-refractivity contribution in [2.24, 2.45) is 0 Å². The van der Waals surface area contributed by atoms with Crippen molar-refractivity contribution in [2.45, 2.75) is 13.3 Å². The summed E-state index contributed by atoms with van der Waals surface area (Å²) in [4.78, 5) is 25.5. The zero-order chi connectivity index (χ0) is 22.0. The number of rotatable bonds is 4. The monoisotopic (exact) mass is 433 g/mol. The Hall–Kier alpha value is -3.61. The highest BCUT2D eigenvalue weighted by molar-refractivity contribution is 6.31. The van der Waals surface area contributed by atoms with Crippen LogP contribution in [-0.2, 0) is 4.79 Å². The minimum atomic E-state index is -1.14. The number of benzene rings is 3. The largest absolute Gasteiger partial charge is 0.356 e. The molecule has 0 bridgehead atoms. The first kappa shape index (κ1) is 20.7. The van der Waals surface area contributed by atoms with Crippen molar-refractivity contribution >= 4 is 34.8 Å². The molecular weight excluding hydrogens is 414 g/mol. The summed E-state index contributed by atoms with van der Waals surface area (Å²) in [6.45, 7) is 1.94. The third kappa shape index (κ3) is 4.60. The number of hydrogen-bond acceptors (Lipinski definition) is 4. The molecule has 6 nitrogen and oxygen atoms in total. The number of amides is 2. The molecule has 0 spiro atoms. The lowest BCUT2D eigenvalue weighted by Gasteiger charge is -2.29. The fourth-order valence-electron chi connectivity index (χ4n) is 3.23. The summed E-state index contributed by atoms with van der Waals surface area (Å²) >= 11 is 6.24. The molecule has 1 aliphatic heterocycles. The van der Waals surface area contributed by atoms with Crippen LogP contribution in [0.4, 0.5) is 11.4 Å². The van der Waals surface area contributed by atoms with Gasteiger partial charge in [0, 0.05) is 34.2 Å². The van der Waals surface area contributed by atoms with Gasteiger partial charge in [0.05, 0.1) is 0 Å². The van der Waals surface area contributed by atoms with Gasteiger partial charge in [0.1, 0.15) is 0 Å². The van der Waals surface area contributed by atoms with E-state index in [0.29, 0.717) is 22.0 Å². The second-order valence-corrected chi connectivity index (χ2v) is 7.56. The minimum Gasteiger partial charge on any atom is -0.356 e. The summed E-state index contributed by atoms with van der Waals surface area (Å²) in [5, 5.41) is 15.9. The second kappa shape index (κ2) is 8.63. The fourth-order valence-corrected chi connectivity index (χ4v) is 3.41. The van der Waals surface area contributed by atoms with E-state index in [-0.39, 0.29) is 11.8 Å². The first-order valence-electron chi connectivity index (χ1n) is 9.64. The van der Waals surface area contributed by atoms with E-state index in [0.717, 1.165) is 16.7 Å². The Bertz CT molecular complexity index is 1170. The molecule has 0 aromatic heterocycles.